The normalized spacial score (nSPS) is 17.0. The standard InChI is InChI=1S/C15H18N4O2S/c1-9-2-3-11-12(8-22-13(11)4-9)15(21)18-10-5-17-19(6-10)7-14(16)20/h5-6,8-9H,2-4,7H2,1H3,(H2,16,20)(H,18,21). The average Bonchev–Trinajstić information content (AvgIpc) is 3.04. The predicted molar refractivity (Wildman–Crippen MR) is 84.9 cm³/mol. The van der Waals surface area contributed by atoms with E-state index in [1.54, 1.807) is 17.5 Å². The van der Waals surface area contributed by atoms with Gasteiger partial charge in [-0.3, -0.25) is 14.3 Å². The molecule has 0 spiro atoms. The van der Waals surface area contributed by atoms with Gasteiger partial charge in [0.2, 0.25) is 5.91 Å². The third-order valence-electron chi connectivity index (χ3n) is 3.86. The fourth-order valence-electron chi connectivity index (χ4n) is 2.74. The molecule has 0 aliphatic heterocycles. The Bertz CT molecular complexity index is 719. The third kappa shape index (κ3) is 3.04. The molecule has 3 rings (SSSR count). The molecule has 3 N–H and O–H groups in total. The summed E-state index contributed by atoms with van der Waals surface area (Å²) in [5, 5.41) is 8.76. The lowest BCUT2D eigenvalue weighted by molar-refractivity contribution is -0.118. The van der Waals surface area contributed by atoms with Gasteiger partial charge in [-0.25, -0.2) is 0 Å². The lowest BCUT2D eigenvalue weighted by Gasteiger charge is -2.18. The Morgan fingerprint density at radius 3 is 3.14 bits per heavy atom. The minimum absolute atomic E-state index is 0.00160. The summed E-state index contributed by atoms with van der Waals surface area (Å²) in [6.07, 6.45) is 6.26. The monoisotopic (exact) mass is 318 g/mol. The van der Waals surface area contributed by atoms with Crippen LogP contribution in [0.15, 0.2) is 17.8 Å². The fourth-order valence-corrected chi connectivity index (χ4v) is 3.98. The molecule has 1 aliphatic rings. The van der Waals surface area contributed by atoms with E-state index < -0.39 is 5.91 Å². The number of rotatable bonds is 4. The Hall–Kier alpha value is -2.15. The maximum Gasteiger partial charge on any atom is 0.256 e. The molecule has 22 heavy (non-hydrogen) atoms. The Morgan fingerprint density at radius 1 is 1.55 bits per heavy atom. The summed E-state index contributed by atoms with van der Waals surface area (Å²) in [4.78, 5) is 24.6. The predicted octanol–water partition coefficient (Wildman–Crippen LogP) is 1.81. The Kier molecular flexibility index (Phi) is 3.98. The number of hydrogen-bond acceptors (Lipinski definition) is 4. The van der Waals surface area contributed by atoms with Crippen molar-refractivity contribution in [1.82, 2.24) is 9.78 Å². The van der Waals surface area contributed by atoms with Gasteiger partial charge in [-0.2, -0.15) is 5.10 Å². The van der Waals surface area contributed by atoms with E-state index in [-0.39, 0.29) is 12.5 Å². The molecule has 1 atom stereocenters. The summed E-state index contributed by atoms with van der Waals surface area (Å²) in [5.74, 6) is 0.0989. The zero-order valence-electron chi connectivity index (χ0n) is 12.3. The lowest BCUT2D eigenvalue weighted by Crippen LogP contribution is -2.19. The molecule has 0 fully saturated rings. The molecule has 116 valence electrons. The molecule has 0 saturated heterocycles. The van der Waals surface area contributed by atoms with Gasteiger partial charge in [-0.1, -0.05) is 6.92 Å². The van der Waals surface area contributed by atoms with E-state index in [9.17, 15) is 9.59 Å². The summed E-state index contributed by atoms with van der Waals surface area (Å²) in [6.45, 7) is 2.25. The minimum atomic E-state index is -0.470. The van der Waals surface area contributed by atoms with Gasteiger partial charge in [0.05, 0.1) is 17.4 Å². The van der Waals surface area contributed by atoms with E-state index in [1.807, 2.05) is 5.38 Å². The van der Waals surface area contributed by atoms with Crippen molar-refractivity contribution in [3.8, 4) is 0 Å². The maximum absolute atomic E-state index is 12.4. The number of fused-ring (bicyclic) bond motifs is 1. The molecule has 6 nitrogen and oxygen atoms in total. The maximum atomic E-state index is 12.4. The van der Waals surface area contributed by atoms with E-state index in [0.717, 1.165) is 24.8 Å². The Balaban J connectivity index is 1.72. The number of hydrogen-bond donors (Lipinski definition) is 2. The molecule has 2 aromatic rings. The minimum Gasteiger partial charge on any atom is -0.368 e. The van der Waals surface area contributed by atoms with Crippen molar-refractivity contribution in [2.75, 3.05) is 5.32 Å². The van der Waals surface area contributed by atoms with Crippen molar-refractivity contribution in [2.24, 2.45) is 11.7 Å². The fraction of sp³-hybridized carbons (Fsp3) is 0.400. The van der Waals surface area contributed by atoms with Gasteiger partial charge in [0.15, 0.2) is 0 Å². The van der Waals surface area contributed by atoms with Crippen LogP contribution in [0, 0.1) is 5.92 Å². The van der Waals surface area contributed by atoms with Gasteiger partial charge in [0.25, 0.3) is 5.91 Å². The van der Waals surface area contributed by atoms with Crippen LogP contribution >= 0.6 is 11.3 Å². The third-order valence-corrected chi connectivity index (χ3v) is 4.91. The van der Waals surface area contributed by atoms with Crippen LogP contribution in [0.2, 0.25) is 0 Å². The summed E-state index contributed by atoms with van der Waals surface area (Å²) < 4.78 is 1.41. The molecule has 1 unspecified atom stereocenters. The van der Waals surface area contributed by atoms with Crippen LogP contribution in [0.5, 0.6) is 0 Å². The molecule has 2 aromatic heterocycles. The molecule has 0 radical (unpaired) electrons. The molecular formula is C15H18N4O2S. The van der Waals surface area contributed by atoms with Crippen LogP contribution in [-0.4, -0.2) is 21.6 Å². The lowest BCUT2D eigenvalue weighted by atomic mass is 9.88. The van der Waals surface area contributed by atoms with E-state index in [2.05, 4.69) is 17.3 Å². The molecular weight excluding hydrogens is 300 g/mol. The van der Waals surface area contributed by atoms with Crippen LogP contribution in [0.25, 0.3) is 0 Å². The van der Waals surface area contributed by atoms with Gasteiger partial charge in [0.1, 0.15) is 6.54 Å². The van der Waals surface area contributed by atoms with Crippen molar-refractivity contribution >= 4 is 28.8 Å². The molecule has 2 amide bonds. The van der Waals surface area contributed by atoms with Crippen molar-refractivity contribution < 1.29 is 9.59 Å². The number of carbonyl (C=O) groups excluding carboxylic acids is 2. The first kappa shape index (κ1) is 14.8. The number of nitrogens with one attached hydrogen (secondary N) is 1. The molecule has 7 heteroatoms. The number of amides is 2. The second-order valence-electron chi connectivity index (χ2n) is 5.75. The second kappa shape index (κ2) is 5.92. The highest BCUT2D eigenvalue weighted by molar-refractivity contribution is 7.10. The number of thiophene rings is 1. The number of anilines is 1. The Morgan fingerprint density at radius 2 is 2.36 bits per heavy atom. The number of nitrogens with zero attached hydrogens (tertiary/aromatic N) is 2. The van der Waals surface area contributed by atoms with Crippen LogP contribution in [-0.2, 0) is 24.2 Å². The molecule has 0 saturated carbocycles. The zero-order chi connectivity index (χ0) is 15.7. The van der Waals surface area contributed by atoms with Crippen molar-refractivity contribution in [3.05, 3.63) is 33.8 Å². The molecule has 2 heterocycles. The zero-order valence-corrected chi connectivity index (χ0v) is 13.2. The first-order chi connectivity index (χ1) is 10.5. The number of nitrogens with two attached hydrogens (primary N) is 1. The average molecular weight is 318 g/mol. The quantitative estimate of drug-likeness (QED) is 0.901. The first-order valence-electron chi connectivity index (χ1n) is 7.24. The number of primary amides is 1. The first-order valence-corrected chi connectivity index (χ1v) is 8.12. The highest BCUT2D eigenvalue weighted by atomic mass is 32.1. The van der Waals surface area contributed by atoms with Crippen LogP contribution in [0.4, 0.5) is 5.69 Å². The summed E-state index contributed by atoms with van der Waals surface area (Å²) >= 11 is 1.67. The summed E-state index contributed by atoms with van der Waals surface area (Å²) in [6, 6.07) is 0. The summed E-state index contributed by atoms with van der Waals surface area (Å²) in [7, 11) is 0. The van der Waals surface area contributed by atoms with Gasteiger partial charge >= 0.3 is 0 Å². The van der Waals surface area contributed by atoms with Crippen LogP contribution in [0.1, 0.15) is 34.1 Å². The van der Waals surface area contributed by atoms with E-state index in [1.165, 1.54) is 21.3 Å². The van der Waals surface area contributed by atoms with Crippen LogP contribution < -0.4 is 11.1 Å². The van der Waals surface area contributed by atoms with E-state index in [4.69, 9.17) is 5.73 Å². The molecule has 1 aliphatic carbocycles. The van der Waals surface area contributed by atoms with Gasteiger partial charge < -0.3 is 11.1 Å². The SMILES string of the molecule is CC1CCc2c(C(=O)Nc3cnn(CC(N)=O)c3)csc2C1. The molecule has 0 bridgehead atoms. The van der Waals surface area contributed by atoms with E-state index >= 15 is 0 Å². The molecule has 0 aromatic carbocycles. The smallest absolute Gasteiger partial charge is 0.256 e. The van der Waals surface area contributed by atoms with Crippen LogP contribution in [0.3, 0.4) is 0 Å². The van der Waals surface area contributed by atoms with Gasteiger partial charge in [0, 0.05) is 16.5 Å². The highest BCUT2D eigenvalue weighted by Gasteiger charge is 2.23. The van der Waals surface area contributed by atoms with Crippen molar-refractivity contribution in [2.45, 2.75) is 32.7 Å². The topological polar surface area (TPSA) is 90.0 Å². The summed E-state index contributed by atoms with van der Waals surface area (Å²) in [5.41, 5.74) is 7.62. The Labute approximate surface area is 132 Å². The largest absolute Gasteiger partial charge is 0.368 e. The second-order valence-corrected chi connectivity index (χ2v) is 6.71. The number of aromatic nitrogens is 2. The van der Waals surface area contributed by atoms with E-state index in [0.29, 0.717) is 11.6 Å². The van der Waals surface area contributed by atoms with Crippen molar-refractivity contribution in [1.29, 1.82) is 0 Å². The van der Waals surface area contributed by atoms with Crippen molar-refractivity contribution in [3.63, 3.8) is 0 Å². The number of carbonyl (C=O) groups is 2. The van der Waals surface area contributed by atoms with Gasteiger partial charge in [-0.05, 0) is 30.7 Å². The van der Waals surface area contributed by atoms with Gasteiger partial charge in [-0.15, -0.1) is 11.3 Å². The highest BCUT2D eigenvalue weighted by Crippen LogP contribution is 2.33.